The van der Waals surface area contributed by atoms with Crippen LogP contribution >= 0.6 is 0 Å². The number of aryl methyl sites for hydroxylation is 1. The van der Waals surface area contributed by atoms with E-state index >= 15 is 0 Å². The molecule has 4 aromatic rings. The molecule has 3 heterocycles. The second kappa shape index (κ2) is 9.15. The standard InChI is InChI=1S/C26H28N6O2/c1-31-23(19-9-11-20(12-10-19)30-26(33)34-2)21(22-24(27)28-16-29-25(22)31)18-7-5-17(6-8-18)15-32-13-3-4-14-32/h5-12,16H,3-4,13-15H2,1-2H3,(H,30,33)(H2,27,28,29). The Morgan fingerprint density at radius 2 is 1.71 bits per heavy atom. The molecule has 0 aliphatic carbocycles. The maximum atomic E-state index is 11.6. The normalized spacial score (nSPS) is 13.9. The minimum atomic E-state index is -0.505. The van der Waals surface area contributed by atoms with Crippen LogP contribution in [-0.4, -0.2) is 45.7 Å². The first-order chi connectivity index (χ1) is 16.5. The van der Waals surface area contributed by atoms with Gasteiger partial charge in [0.05, 0.1) is 18.2 Å². The van der Waals surface area contributed by atoms with Gasteiger partial charge in [-0.25, -0.2) is 14.8 Å². The average Bonchev–Trinajstić information content (AvgIpc) is 3.47. The summed E-state index contributed by atoms with van der Waals surface area (Å²) in [5.41, 5.74) is 13.1. The number of amides is 1. The number of nitrogens with zero attached hydrogens (tertiary/aromatic N) is 4. The van der Waals surface area contributed by atoms with Crippen LogP contribution in [0.25, 0.3) is 33.4 Å². The van der Waals surface area contributed by atoms with Crippen LogP contribution in [0, 0.1) is 0 Å². The van der Waals surface area contributed by atoms with Crippen LogP contribution in [0.1, 0.15) is 18.4 Å². The number of methoxy groups -OCH3 is 1. The van der Waals surface area contributed by atoms with E-state index in [9.17, 15) is 4.79 Å². The van der Waals surface area contributed by atoms with E-state index < -0.39 is 6.09 Å². The van der Waals surface area contributed by atoms with Gasteiger partial charge in [0, 0.05) is 24.8 Å². The van der Waals surface area contributed by atoms with Crippen LogP contribution in [0.3, 0.4) is 0 Å². The third kappa shape index (κ3) is 4.08. The number of fused-ring (bicyclic) bond motifs is 1. The summed E-state index contributed by atoms with van der Waals surface area (Å²) in [6, 6.07) is 16.3. The van der Waals surface area contributed by atoms with Gasteiger partial charge in [0.1, 0.15) is 17.8 Å². The summed E-state index contributed by atoms with van der Waals surface area (Å²) in [6.07, 6.45) is 3.55. The van der Waals surface area contributed by atoms with Gasteiger partial charge >= 0.3 is 6.09 Å². The zero-order chi connectivity index (χ0) is 23.7. The molecule has 1 amide bonds. The molecule has 1 fully saturated rings. The molecule has 8 heteroatoms. The summed E-state index contributed by atoms with van der Waals surface area (Å²) in [4.78, 5) is 22.8. The number of nitrogens with one attached hydrogen (secondary N) is 1. The highest BCUT2D eigenvalue weighted by molar-refractivity contribution is 6.07. The van der Waals surface area contributed by atoms with Crippen molar-refractivity contribution in [3.8, 4) is 22.4 Å². The van der Waals surface area contributed by atoms with Crippen LogP contribution in [0.4, 0.5) is 16.3 Å². The Bertz CT molecular complexity index is 1320. The number of carbonyl (C=O) groups is 1. The molecule has 0 spiro atoms. The lowest BCUT2D eigenvalue weighted by atomic mass is 9.97. The van der Waals surface area contributed by atoms with E-state index in [4.69, 9.17) is 5.73 Å². The number of hydrogen-bond donors (Lipinski definition) is 2. The number of anilines is 2. The number of ether oxygens (including phenoxy) is 1. The first-order valence-corrected chi connectivity index (χ1v) is 11.4. The quantitative estimate of drug-likeness (QED) is 0.453. The van der Waals surface area contributed by atoms with Crippen molar-refractivity contribution in [2.75, 3.05) is 31.2 Å². The molecule has 0 radical (unpaired) electrons. The van der Waals surface area contributed by atoms with Gasteiger partial charge in [-0.15, -0.1) is 0 Å². The van der Waals surface area contributed by atoms with Gasteiger partial charge in [-0.3, -0.25) is 10.2 Å². The molecule has 0 unspecified atom stereocenters. The number of carbonyl (C=O) groups excluding carboxylic acids is 1. The maximum absolute atomic E-state index is 11.6. The molecule has 0 saturated carbocycles. The van der Waals surface area contributed by atoms with Crippen LogP contribution in [0.15, 0.2) is 54.9 Å². The fraction of sp³-hybridized carbons (Fsp3) is 0.269. The van der Waals surface area contributed by atoms with Crippen molar-refractivity contribution in [2.24, 2.45) is 7.05 Å². The summed E-state index contributed by atoms with van der Waals surface area (Å²) in [7, 11) is 3.32. The maximum Gasteiger partial charge on any atom is 0.411 e. The molecule has 5 rings (SSSR count). The van der Waals surface area contributed by atoms with Gasteiger partial charge in [0.2, 0.25) is 0 Å². The molecule has 2 aromatic heterocycles. The Morgan fingerprint density at radius 1 is 1.03 bits per heavy atom. The molecule has 3 N–H and O–H groups in total. The minimum Gasteiger partial charge on any atom is -0.453 e. The van der Waals surface area contributed by atoms with E-state index in [-0.39, 0.29) is 0 Å². The summed E-state index contributed by atoms with van der Waals surface area (Å²) < 4.78 is 6.73. The molecule has 0 bridgehead atoms. The third-order valence-electron chi connectivity index (χ3n) is 6.43. The minimum absolute atomic E-state index is 0.451. The third-order valence-corrected chi connectivity index (χ3v) is 6.43. The van der Waals surface area contributed by atoms with Gasteiger partial charge in [-0.05, 0) is 54.8 Å². The van der Waals surface area contributed by atoms with E-state index in [1.807, 2.05) is 35.9 Å². The topological polar surface area (TPSA) is 98.3 Å². The average molecular weight is 457 g/mol. The van der Waals surface area contributed by atoms with Gasteiger partial charge < -0.3 is 15.0 Å². The van der Waals surface area contributed by atoms with E-state index in [2.05, 4.69) is 49.2 Å². The molecule has 0 atom stereocenters. The lowest BCUT2D eigenvalue weighted by Gasteiger charge is -2.15. The Labute approximate surface area is 198 Å². The number of rotatable bonds is 5. The predicted octanol–water partition coefficient (Wildman–Crippen LogP) is 4.66. The summed E-state index contributed by atoms with van der Waals surface area (Å²) in [6.45, 7) is 3.32. The van der Waals surface area contributed by atoms with Crippen molar-refractivity contribution in [3.05, 3.63) is 60.4 Å². The molecule has 34 heavy (non-hydrogen) atoms. The number of likely N-dealkylation sites (tertiary alicyclic amines) is 1. The van der Waals surface area contributed by atoms with Crippen molar-refractivity contribution in [1.29, 1.82) is 0 Å². The van der Waals surface area contributed by atoms with Crippen molar-refractivity contribution >= 4 is 28.6 Å². The Morgan fingerprint density at radius 3 is 2.38 bits per heavy atom. The summed E-state index contributed by atoms with van der Waals surface area (Å²) in [5, 5.41) is 3.53. The molecule has 1 saturated heterocycles. The SMILES string of the molecule is COC(=O)Nc1ccc(-c2c(-c3ccc(CN4CCCC4)cc3)c3c(N)ncnc3n2C)cc1. The zero-order valence-electron chi connectivity index (χ0n) is 19.4. The van der Waals surface area contributed by atoms with Crippen LogP contribution in [0.5, 0.6) is 0 Å². The summed E-state index contributed by atoms with van der Waals surface area (Å²) >= 11 is 0. The number of nitrogen functional groups attached to an aromatic ring is 1. The number of hydrogen-bond acceptors (Lipinski definition) is 6. The van der Waals surface area contributed by atoms with E-state index in [0.717, 1.165) is 40.0 Å². The van der Waals surface area contributed by atoms with Crippen LogP contribution in [-0.2, 0) is 18.3 Å². The fourth-order valence-corrected chi connectivity index (χ4v) is 4.75. The zero-order valence-corrected chi connectivity index (χ0v) is 19.4. The second-order valence-electron chi connectivity index (χ2n) is 8.61. The molecular formula is C26H28N6O2. The molecular weight excluding hydrogens is 428 g/mol. The van der Waals surface area contributed by atoms with Gasteiger partial charge in [0.25, 0.3) is 0 Å². The van der Waals surface area contributed by atoms with Gasteiger partial charge in [0.15, 0.2) is 0 Å². The molecule has 1 aliphatic heterocycles. The van der Waals surface area contributed by atoms with Gasteiger partial charge in [-0.1, -0.05) is 36.4 Å². The van der Waals surface area contributed by atoms with Crippen LogP contribution < -0.4 is 11.1 Å². The number of nitrogens with two attached hydrogens (primary N) is 1. The largest absolute Gasteiger partial charge is 0.453 e. The molecule has 1 aliphatic rings. The molecule has 2 aromatic carbocycles. The van der Waals surface area contributed by atoms with Crippen molar-refractivity contribution in [3.63, 3.8) is 0 Å². The first kappa shape index (κ1) is 21.9. The highest BCUT2D eigenvalue weighted by Gasteiger charge is 2.22. The fourth-order valence-electron chi connectivity index (χ4n) is 4.75. The smallest absolute Gasteiger partial charge is 0.411 e. The van der Waals surface area contributed by atoms with Crippen molar-refractivity contribution in [2.45, 2.75) is 19.4 Å². The highest BCUT2D eigenvalue weighted by atomic mass is 16.5. The summed E-state index contributed by atoms with van der Waals surface area (Å²) in [5.74, 6) is 0.451. The molecule has 8 nitrogen and oxygen atoms in total. The lowest BCUT2D eigenvalue weighted by molar-refractivity contribution is 0.187. The Kier molecular flexibility index (Phi) is 5.90. The monoisotopic (exact) mass is 456 g/mol. The lowest BCUT2D eigenvalue weighted by Crippen LogP contribution is -2.18. The second-order valence-corrected chi connectivity index (χ2v) is 8.61. The Balaban J connectivity index is 1.58. The number of benzene rings is 2. The van der Waals surface area contributed by atoms with Gasteiger partial charge in [-0.2, -0.15) is 0 Å². The highest BCUT2D eigenvalue weighted by Crippen LogP contribution is 2.41. The molecule has 174 valence electrons. The number of aromatic nitrogens is 3. The van der Waals surface area contributed by atoms with Crippen molar-refractivity contribution < 1.29 is 9.53 Å². The van der Waals surface area contributed by atoms with Crippen molar-refractivity contribution in [1.82, 2.24) is 19.4 Å². The Hall–Kier alpha value is -3.91. The van der Waals surface area contributed by atoms with E-state index in [1.165, 1.54) is 44.9 Å². The van der Waals surface area contributed by atoms with E-state index in [0.29, 0.717) is 11.5 Å². The van der Waals surface area contributed by atoms with E-state index in [1.54, 1.807) is 0 Å². The first-order valence-electron chi connectivity index (χ1n) is 11.4. The van der Waals surface area contributed by atoms with Crippen LogP contribution in [0.2, 0.25) is 0 Å². The predicted molar refractivity (Wildman–Crippen MR) is 134 cm³/mol.